The van der Waals surface area contributed by atoms with Crippen LogP contribution in [0, 0.1) is 0 Å². The Morgan fingerprint density at radius 3 is 2.85 bits per heavy atom. The number of carboxylic acids is 1. The van der Waals surface area contributed by atoms with E-state index >= 15 is 0 Å². The lowest BCUT2D eigenvalue weighted by Crippen LogP contribution is -2.47. The number of carboxylic acid groups (broad SMARTS) is 1. The van der Waals surface area contributed by atoms with Crippen molar-refractivity contribution >= 4 is 5.97 Å². The predicted molar refractivity (Wildman–Crippen MR) is 78.3 cm³/mol. The number of hydrogen-bond donors (Lipinski definition) is 2. The number of carbonyl (C=O) groups is 1. The van der Waals surface area contributed by atoms with E-state index in [4.69, 9.17) is 9.84 Å². The first-order valence-electron chi connectivity index (χ1n) is 7.22. The van der Waals surface area contributed by atoms with E-state index in [1.54, 1.807) is 14.0 Å². The van der Waals surface area contributed by atoms with Crippen LogP contribution in [-0.4, -0.2) is 30.3 Å². The van der Waals surface area contributed by atoms with Crippen molar-refractivity contribution in [1.29, 1.82) is 0 Å². The normalized spacial score (nSPS) is 16.5. The average molecular weight is 277 g/mol. The summed E-state index contributed by atoms with van der Waals surface area (Å²) in [5.41, 5.74) is 1.96. The van der Waals surface area contributed by atoms with E-state index in [0.29, 0.717) is 19.4 Å². The average Bonchev–Trinajstić information content (AvgIpc) is 2.90. The Kier molecular flexibility index (Phi) is 4.65. The number of fused-ring (bicyclic) bond motifs is 1. The molecule has 1 atom stereocenters. The standard InChI is InChI=1S/C16H23NO3/c1-16(17-2,15(18)19)9-4-10-20-14-8-7-12-5-3-6-13(12)11-14/h7-8,11,17H,3-6,9-10H2,1-2H3,(H,18,19). The smallest absolute Gasteiger partial charge is 0.323 e. The fourth-order valence-corrected chi connectivity index (χ4v) is 2.59. The zero-order valence-electron chi connectivity index (χ0n) is 12.2. The van der Waals surface area contributed by atoms with Crippen LogP contribution in [0.4, 0.5) is 0 Å². The molecule has 0 radical (unpaired) electrons. The Hall–Kier alpha value is -1.55. The molecule has 20 heavy (non-hydrogen) atoms. The molecule has 110 valence electrons. The Morgan fingerprint density at radius 1 is 1.40 bits per heavy atom. The van der Waals surface area contributed by atoms with Crippen molar-refractivity contribution in [2.45, 2.75) is 44.6 Å². The van der Waals surface area contributed by atoms with Gasteiger partial charge in [0.05, 0.1) is 6.61 Å². The highest BCUT2D eigenvalue weighted by atomic mass is 16.5. The fraction of sp³-hybridized carbons (Fsp3) is 0.562. The number of aliphatic carboxylic acids is 1. The van der Waals surface area contributed by atoms with Gasteiger partial charge in [0.15, 0.2) is 0 Å². The molecular weight excluding hydrogens is 254 g/mol. The van der Waals surface area contributed by atoms with Crippen molar-refractivity contribution in [3.8, 4) is 5.75 Å². The van der Waals surface area contributed by atoms with Gasteiger partial charge < -0.3 is 15.2 Å². The van der Waals surface area contributed by atoms with E-state index in [1.807, 2.05) is 6.07 Å². The summed E-state index contributed by atoms with van der Waals surface area (Å²) < 4.78 is 5.73. The molecule has 0 bridgehead atoms. The minimum Gasteiger partial charge on any atom is -0.494 e. The fourth-order valence-electron chi connectivity index (χ4n) is 2.59. The third kappa shape index (κ3) is 3.31. The first-order valence-corrected chi connectivity index (χ1v) is 7.22. The molecule has 4 nitrogen and oxygen atoms in total. The van der Waals surface area contributed by atoms with Crippen LogP contribution >= 0.6 is 0 Å². The molecule has 0 saturated carbocycles. The Morgan fingerprint density at radius 2 is 2.15 bits per heavy atom. The zero-order valence-corrected chi connectivity index (χ0v) is 12.2. The van der Waals surface area contributed by atoms with Crippen molar-refractivity contribution in [2.24, 2.45) is 0 Å². The number of benzene rings is 1. The molecule has 1 aromatic carbocycles. The quantitative estimate of drug-likeness (QED) is 0.751. The maximum atomic E-state index is 11.1. The van der Waals surface area contributed by atoms with Gasteiger partial charge in [-0.3, -0.25) is 4.79 Å². The van der Waals surface area contributed by atoms with Gasteiger partial charge in [0.2, 0.25) is 0 Å². The topological polar surface area (TPSA) is 58.6 Å². The van der Waals surface area contributed by atoms with E-state index in [1.165, 1.54) is 24.0 Å². The number of ether oxygens (including phenoxy) is 1. The van der Waals surface area contributed by atoms with E-state index in [9.17, 15) is 4.79 Å². The van der Waals surface area contributed by atoms with Crippen molar-refractivity contribution < 1.29 is 14.6 Å². The van der Waals surface area contributed by atoms with E-state index in [0.717, 1.165) is 12.2 Å². The van der Waals surface area contributed by atoms with E-state index < -0.39 is 11.5 Å². The van der Waals surface area contributed by atoms with Gasteiger partial charge in [0, 0.05) is 0 Å². The van der Waals surface area contributed by atoms with Crippen LogP contribution in [-0.2, 0) is 17.6 Å². The molecule has 0 aromatic heterocycles. The summed E-state index contributed by atoms with van der Waals surface area (Å²) >= 11 is 0. The van der Waals surface area contributed by atoms with Crippen LogP contribution in [0.15, 0.2) is 18.2 Å². The maximum Gasteiger partial charge on any atom is 0.323 e. The van der Waals surface area contributed by atoms with Gasteiger partial charge in [-0.1, -0.05) is 6.07 Å². The highest BCUT2D eigenvalue weighted by Crippen LogP contribution is 2.26. The second kappa shape index (κ2) is 6.27. The molecule has 1 unspecified atom stereocenters. The van der Waals surface area contributed by atoms with Crippen molar-refractivity contribution in [3.05, 3.63) is 29.3 Å². The van der Waals surface area contributed by atoms with Crippen molar-refractivity contribution in [1.82, 2.24) is 5.32 Å². The Bertz CT molecular complexity index is 487. The zero-order chi connectivity index (χ0) is 14.6. The van der Waals surface area contributed by atoms with Crippen LogP contribution in [0.2, 0.25) is 0 Å². The predicted octanol–water partition coefficient (Wildman–Crippen LogP) is 2.40. The van der Waals surface area contributed by atoms with Crippen LogP contribution in [0.3, 0.4) is 0 Å². The summed E-state index contributed by atoms with van der Waals surface area (Å²) in [7, 11) is 1.68. The van der Waals surface area contributed by atoms with E-state index in [2.05, 4.69) is 17.4 Å². The molecular formula is C16H23NO3. The molecule has 0 amide bonds. The van der Waals surface area contributed by atoms with Crippen LogP contribution in [0.1, 0.15) is 37.3 Å². The molecule has 2 rings (SSSR count). The third-order valence-electron chi connectivity index (χ3n) is 4.18. The van der Waals surface area contributed by atoms with Gasteiger partial charge in [-0.25, -0.2) is 0 Å². The molecule has 2 N–H and O–H groups in total. The lowest BCUT2D eigenvalue weighted by molar-refractivity contribution is -0.144. The largest absolute Gasteiger partial charge is 0.494 e. The van der Waals surface area contributed by atoms with Crippen LogP contribution in [0.25, 0.3) is 0 Å². The maximum absolute atomic E-state index is 11.1. The number of nitrogens with one attached hydrogen (secondary N) is 1. The molecule has 0 spiro atoms. The van der Waals surface area contributed by atoms with Gasteiger partial charge in [-0.15, -0.1) is 0 Å². The molecule has 1 aromatic rings. The highest BCUT2D eigenvalue weighted by molar-refractivity contribution is 5.78. The molecule has 0 aliphatic heterocycles. The van der Waals surface area contributed by atoms with Gasteiger partial charge in [-0.05, 0) is 69.3 Å². The van der Waals surface area contributed by atoms with Gasteiger partial charge in [0.1, 0.15) is 11.3 Å². The molecule has 1 aliphatic carbocycles. The third-order valence-corrected chi connectivity index (χ3v) is 4.18. The summed E-state index contributed by atoms with van der Waals surface area (Å²) in [6.45, 7) is 2.24. The van der Waals surface area contributed by atoms with Crippen molar-refractivity contribution in [2.75, 3.05) is 13.7 Å². The van der Waals surface area contributed by atoms with Gasteiger partial charge in [-0.2, -0.15) is 0 Å². The lowest BCUT2D eigenvalue weighted by atomic mass is 9.96. The highest BCUT2D eigenvalue weighted by Gasteiger charge is 2.30. The SMILES string of the molecule is CNC(C)(CCCOc1ccc2c(c1)CCC2)C(=O)O. The number of aryl methyl sites for hydroxylation is 2. The molecule has 4 heteroatoms. The number of hydrogen-bond acceptors (Lipinski definition) is 3. The molecule has 0 fully saturated rings. The summed E-state index contributed by atoms with van der Waals surface area (Å²) in [5.74, 6) is 0.0738. The second-order valence-corrected chi connectivity index (χ2v) is 5.62. The number of likely N-dealkylation sites (N-methyl/N-ethyl adjacent to an activating group) is 1. The Balaban J connectivity index is 1.80. The number of rotatable bonds is 7. The van der Waals surface area contributed by atoms with Gasteiger partial charge >= 0.3 is 5.97 Å². The molecule has 0 saturated heterocycles. The summed E-state index contributed by atoms with van der Waals surface area (Å²) in [5, 5.41) is 12.0. The van der Waals surface area contributed by atoms with Gasteiger partial charge in [0.25, 0.3) is 0 Å². The minimum atomic E-state index is -0.874. The van der Waals surface area contributed by atoms with Crippen LogP contribution in [0.5, 0.6) is 5.75 Å². The molecule has 0 heterocycles. The monoisotopic (exact) mass is 277 g/mol. The summed E-state index contributed by atoms with van der Waals surface area (Å²) in [6.07, 6.45) is 4.81. The first kappa shape index (κ1) is 14.9. The van der Waals surface area contributed by atoms with Crippen molar-refractivity contribution in [3.63, 3.8) is 0 Å². The van der Waals surface area contributed by atoms with Crippen LogP contribution < -0.4 is 10.1 Å². The summed E-state index contributed by atoms with van der Waals surface area (Å²) in [4.78, 5) is 11.1. The lowest BCUT2D eigenvalue weighted by Gasteiger charge is -2.23. The first-order chi connectivity index (χ1) is 9.55. The summed E-state index contributed by atoms with van der Waals surface area (Å²) in [6, 6.07) is 6.28. The van der Waals surface area contributed by atoms with E-state index in [-0.39, 0.29) is 0 Å². The second-order valence-electron chi connectivity index (χ2n) is 5.62. The minimum absolute atomic E-state index is 0.545. The molecule has 1 aliphatic rings. The Labute approximate surface area is 120 Å².